The molecule has 3 aromatic rings. The van der Waals surface area contributed by atoms with Crippen LogP contribution in [0.15, 0.2) is 59.0 Å². The van der Waals surface area contributed by atoms with E-state index in [0.717, 1.165) is 28.3 Å². The Bertz CT molecular complexity index is 806. The molecular formula is C17H16N4OS. The summed E-state index contributed by atoms with van der Waals surface area (Å²) in [4.78, 5) is 13.2. The molecule has 2 N–H and O–H groups in total. The summed E-state index contributed by atoms with van der Waals surface area (Å²) in [6, 6.07) is 15.4. The van der Waals surface area contributed by atoms with Gasteiger partial charge in [-0.15, -0.1) is 11.3 Å². The zero-order chi connectivity index (χ0) is 16.1. The number of rotatable bonds is 5. The molecule has 1 amide bonds. The van der Waals surface area contributed by atoms with E-state index in [1.807, 2.05) is 54.8 Å². The van der Waals surface area contributed by atoms with Crippen molar-refractivity contribution in [1.82, 2.24) is 15.6 Å². The van der Waals surface area contributed by atoms with Crippen LogP contribution in [0.25, 0.3) is 10.6 Å². The van der Waals surface area contributed by atoms with Gasteiger partial charge in [0.05, 0.1) is 16.3 Å². The molecule has 3 rings (SSSR count). The number of nitrogens with one attached hydrogen (secondary N) is 2. The molecule has 0 bridgehead atoms. The molecule has 1 aromatic carbocycles. The lowest BCUT2D eigenvalue weighted by atomic mass is 10.1. The van der Waals surface area contributed by atoms with Crippen molar-refractivity contribution in [2.75, 3.05) is 0 Å². The monoisotopic (exact) mass is 324 g/mol. The highest BCUT2D eigenvalue weighted by Gasteiger charge is 2.12. The van der Waals surface area contributed by atoms with Crippen LogP contribution in [-0.2, 0) is 0 Å². The first-order chi connectivity index (χ1) is 11.3. The van der Waals surface area contributed by atoms with E-state index in [1.165, 1.54) is 0 Å². The number of hydrogen-bond donors (Lipinski definition) is 2. The summed E-state index contributed by atoms with van der Waals surface area (Å²) >= 11 is 1.59. The number of hydrogen-bond acceptors (Lipinski definition) is 4. The fourth-order valence-electron chi connectivity index (χ4n) is 2.15. The molecule has 0 saturated heterocycles. The van der Waals surface area contributed by atoms with Gasteiger partial charge in [-0.1, -0.05) is 43.3 Å². The van der Waals surface area contributed by atoms with Crippen molar-refractivity contribution >= 4 is 23.0 Å². The lowest BCUT2D eigenvalue weighted by Gasteiger charge is -2.03. The first-order valence-electron chi connectivity index (χ1n) is 7.29. The second kappa shape index (κ2) is 7.02. The lowest BCUT2D eigenvalue weighted by Crippen LogP contribution is -2.20. The molecule has 23 heavy (non-hydrogen) atoms. The highest BCUT2D eigenvalue weighted by atomic mass is 32.1. The molecule has 0 atom stereocenters. The first-order valence-corrected chi connectivity index (χ1v) is 8.17. The Kier molecular flexibility index (Phi) is 4.63. The number of benzene rings is 1. The minimum Gasteiger partial charge on any atom is -0.276 e. The Balaban J connectivity index is 1.73. The molecule has 5 nitrogen and oxygen atoms in total. The van der Waals surface area contributed by atoms with Crippen molar-refractivity contribution in [2.24, 2.45) is 5.10 Å². The number of carbonyl (C=O) groups is 1. The predicted molar refractivity (Wildman–Crippen MR) is 92.6 cm³/mol. The van der Waals surface area contributed by atoms with Gasteiger partial charge in [-0.2, -0.15) is 10.2 Å². The molecule has 116 valence electrons. The van der Waals surface area contributed by atoms with E-state index < -0.39 is 0 Å². The van der Waals surface area contributed by atoms with Crippen LogP contribution in [0.3, 0.4) is 0 Å². The van der Waals surface area contributed by atoms with Crippen LogP contribution >= 0.6 is 11.3 Å². The van der Waals surface area contributed by atoms with Crippen molar-refractivity contribution in [1.29, 1.82) is 0 Å². The van der Waals surface area contributed by atoms with Crippen LogP contribution in [-0.4, -0.2) is 21.8 Å². The summed E-state index contributed by atoms with van der Waals surface area (Å²) in [5, 5.41) is 13.1. The Hall–Kier alpha value is -2.73. The fourth-order valence-corrected chi connectivity index (χ4v) is 2.84. The summed E-state index contributed by atoms with van der Waals surface area (Å²) < 4.78 is 0. The summed E-state index contributed by atoms with van der Waals surface area (Å²) in [6.45, 7) is 2.00. The number of amides is 1. The van der Waals surface area contributed by atoms with Gasteiger partial charge in [0.25, 0.3) is 5.91 Å². The molecule has 0 fully saturated rings. The predicted octanol–water partition coefficient (Wildman–Crippen LogP) is 3.68. The van der Waals surface area contributed by atoms with Gasteiger partial charge < -0.3 is 0 Å². The third-order valence-corrected chi connectivity index (χ3v) is 4.23. The van der Waals surface area contributed by atoms with E-state index in [-0.39, 0.29) is 5.91 Å². The number of aromatic nitrogens is 2. The van der Waals surface area contributed by atoms with E-state index >= 15 is 0 Å². The summed E-state index contributed by atoms with van der Waals surface area (Å²) in [6.07, 6.45) is 0.727. The Morgan fingerprint density at radius 1 is 1.26 bits per heavy atom. The zero-order valence-corrected chi connectivity index (χ0v) is 13.4. The van der Waals surface area contributed by atoms with Gasteiger partial charge in [-0.3, -0.25) is 9.89 Å². The molecule has 0 unspecified atom stereocenters. The van der Waals surface area contributed by atoms with Crippen LogP contribution in [0.2, 0.25) is 0 Å². The van der Waals surface area contributed by atoms with E-state index in [4.69, 9.17) is 0 Å². The van der Waals surface area contributed by atoms with E-state index in [1.54, 1.807) is 17.4 Å². The van der Waals surface area contributed by atoms with Crippen molar-refractivity contribution in [2.45, 2.75) is 13.3 Å². The minimum atomic E-state index is -0.328. The number of carbonyl (C=O) groups excluding carboxylic acids is 1. The minimum absolute atomic E-state index is 0.320. The van der Waals surface area contributed by atoms with Crippen LogP contribution in [0, 0.1) is 0 Å². The third-order valence-electron chi connectivity index (χ3n) is 3.33. The molecule has 0 radical (unpaired) electrons. The number of thiophene rings is 1. The third kappa shape index (κ3) is 3.54. The Morgan fingerprint density at radius 2 is 2.09 bits per heavy atom. The summed E-state index contributed by atoms with van der Waals surface area (Å²) in [5.41, 5.74) is 5.55. The maximum atomic E-state index is 12.2. The van der Waals surface area contributed by atoms with E-state index in [2.05, 4.69) is 20.7 Å². The average Bonchev–Trinajstić information content (AvgIpc) is 3.27. The molecule has 0 spiro atoms. The SMILES string of the molecule is CC/C(=N/NC(=O)c1cc(-c2cccs2)[nH]n1)c1ccccc1. The Morgan fingerprint density at radius 3 is 2.78 bits per heavy atom. The molecule has 6 heteroatoms. The summed E-state index contributed by atoms with van der Waals surface area (Å²) in [5.74, 6) is -0.328. The number of nitrogens with zero attached hydrogens (tertiary/aromatic N) is 2. The van der Waals surface area contributed by atoms with Gasteiger partial charge in [-0.05, 0) is 29.5 Å². The molecule has 2 heterocycles. The van der Waals surface area contributed by atoms with Crippen LogP contribution < -0.4 is 5.43 Å². The van der Waals surface area contributed by atoms with E-state index in [0.29, 0.717) is 5.69 Å². The first kappa shape index (κ1) is 15.2. The second-order valence-corrected chi connectivity index (χ2v) is 5.81. The van der Waals surface area contributed by atoms with Crippen molar-refractivity contribution in [3.05, 3.63) is 65.2 Å². The van der Waals surface area contributed by atoms with Crippen molar-refractivity contribution in [3.8, 4) is 10.6 Å². The Labute approximate surface area is 138 Å². The molecule has 0 aliphatic heterocycles. The largest absolute Gasteiger partial charge is 0.291 e. The van der Waals surface area contributed by atoms with Gasteiger partial charge in [0.2, 0.25) is 0 Å². The summed E-state index contributed by atoms with van der Waals surface area (Å²) in [7, 11) is 0. The average molecular weight is 324 g/mol. The number of H-pyrrole nitrogens is 1. The molecule has 2 aromatic heterocycles. The van der Waals surface area contributed by atoms with E-state index in [9.17, 15) is 4.79 Å². The van der Waals surface area contributed by atoms with Crippen molar-refractivity contribution in [3.63, 3.8) is 0 Å². The topological polar surface area (TPSA) is 70.1 Å². The quantitative estimate of drug-likeness (QED) is 0.555. The van der Waals surface area contributed by atoms with Gasteiger partial charge >= 0.3 is 0 Å². The second-order valence-electron chi connectivity index (χ2n) is 4.86. The fraction of sp³-hybridized carbons (Fsp3) is 0.118. The maximum Gasteiger partial charge on any atom is 0.291 e. The van der Waals surface area contributed by atoms with Gasteiger partial charge in [0.15, 0.2) is 5.69 Å². The molecule has 0 aliphatic rings. The number of aromatic amines is 1. The molecule has 0 aliphatic carbocycles. The van der Waals surface area contributed by atoms with Crippen LogP contribution in [0.5, 0.6) is 0 Å². The zero-order valence-electron chi connectivity index (χ0n) is 12.6. The van der Waals surface area contributed by atoms with Gasteiger partial charge in [0.1, 0.15) is 0 Å². The standard InChI is InChI=1S/C17H16N4OS/c1-2-13(12-7-4-3-5-8-12)18-21-17(22)15-11-14(19-20-15)16-9-6-10-23-16/h3-11H,2H2,1H3,(H,19,20)(H,21,22)/b18-13-. The van der Waals surface area contributed by atoms with Gasteiger partial charge in [0, 0.05) is 0 Å². The van der Waals surface area contributed by atoms with Gasteiger partial charge in [-0.25, -0.2) is 5.43 Å². The lowest BCUT2D eigenvalue weighted by molar-refractivity contribution is 0.0950. The highest BCUT2D eigenvalue weighted by molar-refractivity contribution is 7.13. The maximum absolute atomic E-state index is 12.2. The van der Waals surface area contributed by atoms with Crippen LogP contribution in [0.4, 0.5) is 0 Å². The smallest absolute Gasteiger partial charge is 0.276 e. The highest BCUT2D eigenvalue weighted by Crippen LogP contribution is 2.22. The molecule has 0 saturated carbocycles. The normalized spacial score (nSPS) is 11.4. The van der Waals surface area contributed by atoms with Crippen molar-refractivity contribution < 1.29 is 4.79 Å². The van der Waals surface area contributed by atoms with Crippen LogP contribution in [0.1, 0.15) is 29.4 Å². The number of hydrazone groups is 1. The molecular weight excluding hydrogens is 308 g/mol.